The number of aromatic nitrogens is 2. The Bertz CT molecular complexity index is 573. The van der Waals surface area contributed by atoms with Crippen LogP contribution < -0.4 is 5.32 Å². The topological polar surface area (TPSA) is 71.3 Å². The van der Waals surface area contributed by atoms with Gasteiger partial charge in [0.05, 0.1) is 5.00 Å². The third kappa shape index (κ3) is 2.82. The number of hydrogen-bond donors (Lipinski definition) is 1. The fourth-order valence-corrected chi connectivity index (χ4v) is 2.95. The van der Waals surface area contributed by atoms with E-state index in [1.165, 1.54) is 11.3 Å². The molecule has 6 nitrogen and oxygen atoms in total. The van der Waals surface area contributed by atoms with Crippen LogP contribution in [0.3, 0.4) is 0 Å². The van der Waals surface area contributed by atoms with E-state index in [0.29, 0.717) is 24.8 Å². The lowest BCUT2D eigenvalue weighted by Crippen LogP contribution is -2.40. The Labute approximate surface area is 120 Å². The Kier molecular flexibility index (Phi) is 3.68. The molecule has 1 aliphatic rings. The van der Waals surface area contributed by atoms with Crippen LogP contribution in [0.4, 0.5) is 9.80 Å². The first-order valence-corrected chi connectivity index (χ1v) is 7.50. The third-order valence-corrected chi connectivity index (χ3v) is 4.21. The number of thiophene rings is 1. The third-order valence-electron chi connectivity index (χ3n) is 3.43. The molecular weight excluding hydrogens is 276 g/mol. The highest BCUT2D eigenvalue weighted by atomic mass is 32.1. The van der Waals surface area contributed by atoms with Crippen LogP contribution in [-0.4, -0.2) is 34.2 Å². The van der Waals surface area contributed by atoms with E-state index in [2.05, 4.69) is 15.5 Å². The van der Waals surface area contributed by atoms with E-state index in [1.807, 2.05) is 29.3 Å². The van der Waals surface area contributed by atoms with E-state index in [-0.39, 0.29) is 11.9 Å². The van der Waals surface area contributed by atoms with Crippen LogP contribution in [0.15, 0.2) is 22.0 Å². The molecule has 3 heterocycles. The Morgan fingerprint density at radius 2 is 2.30 bits per heavy atom. The summed E-state index contributed by atoms with van der Waals surface area (Å²) in [6.45, 7) is 3.24. The molecule has 0 saturated carbocycles. The molecule has 7 heteroatoms. The largest absolute Gasteiger partial charge is 0.339 e. The van der Waals surface area contributed by atoms with E-state index in [0.717, 1.165) is 17.8 Å². The Morgan fingerprint density at radius 1 is 1.50 bits per heavy atom. The summed E-state index contributed by atoms with van der Waals surface area (Å²) < 4.78 is 5.21. The summed E-state index contributed by atoms with van der Waals surface area (Å²) in [5.74, 6) is 1.63. The number of rotatable bonds is 2. The summed E-state index contributed by atoms with van der Waals surface area (Å²) in [5, 5.41) is 9.55. The lowest BCUT2D eigenvalue weighted by atomic mass is 9.97. The van der Waals surface area contributed by atoms with E-state index >= 15 is 0 Å². The predicted octanol–water partition coefficient (Wildman–Crippen LogP) is 2.85. The van der Waals surface area contributed by atoms with Crippen molar-refractivity contribution in [3.05, 3.63) is 29.2 Å². The van der Waals surface area contributed by atoms with Crippen molar-refractivity contribution in [2.75, 3.05) is 18.4 Å². The Morgan fingerprint density at radius 3 is 2.90 bits per heavy atom. The highest BCUT2D eigenvalue weighted by Gasteiger charge is 2.27. The van der Waals surface area contributed by atoms with Gasteiger partial charge in [0.15, 0.2) is 5.82 Å². The number of likely N-dealkylation sites (tertiary alicyclic amines) is 1. The van der Waals surface area contributed by atoms with Gasteiger partial charge in [-0.05, 0) is 37.3 Å². The number of hydrogen-bond acceptors (Lipinski definition) is 5. The minimum absolute atomic E-state index is 0.0346. The lowest BCUT2D eigenvalue weighted by molar-refractivity contribution is 0.187. The van der Waals surface area contributed by atoms with Crippen LogP contribution in [0.5, 0.6) is 0 Å². The molecule has 2 aromatic rings. The number of aryl methyl sites for hydroxylation is 1. The smallest absolute Gasteiger partial charge is 0.322 e. The van der Waals surface area contributed by atoms with Crippen molar-refractivity contribution < 1.29 is 9.32 Å². The van der Waals surface area contributed by atoms with E-state index < -0.39 is 0 Å². The number of carbonyl (C=O) groups is 1. The van der Waals surface area contributed by atoms with Gasteiger partial charge < -0.3 is 9.42 Å². The number of piperidine rings is 1. The van der Waals surface area contributed by atoms with Crippen LogP contribution in [0.2, 0.25) is 0 Å². The van der Waals surface area contributed by atoms with Gasteiger partial charge in [0, 0.05) is 19.0 Å². The summed E-state index contributed by atoms with van der Waals surface area (Å²) in [6, 6.07) is 3.79. The molecule has 0 aliphatic carbocycles. The number of anilines is 1. The summed E-state index contributed by atoms with van der Waals surface area (Å²) in [4.78, 5) is 18.2. The SMILES string of the molecule is Cc1noc(C2CCN(C(=O)Nc3cccs3)CC2)n1. The first-order valence-electron chi connectivity index (χ1n) is 6.62. The number of carbonyl (C=O) groups excluding carboxylic acids is 1. The van der Waals surface area contributed by atoms with Gasteiger partial charge in [-0.25, -0.2) is 4.79 Å². The maximum atomic E-state index is 12.1. The molecule has 1 N–H and O–H groups in total. The summed E-state index contributed by atoms with van der Waals surface area (Å²) in [5.41, 5.74) is 0. The van der Waals surface area contributed by atoms with Gasteiger partial charge in [0.25, 0.3) is 0 Å². The van der Waals surface area contributed by atoms with E-state index in [1.54, 1.807) is 0 Å². The fourth-order valence-electron chi connectivity index (χ4n) is 2.34. The number of urea groups is 1. The minimum atomic E-state index is -0.0346. The lowest BCUT2D eigenvalue weighted by Gasteiger charge is -2.30. The van der Waals surface area contributed by atoms with Gasteiger partial charge in [0.1, 0.15) is 0 Å². The molecule has 0 bridgehead atoms. The van der Waals surface area contributed by atoms with Gasteiger partial charge in [-0.15, -0.1) is 11.3 Å². The summed E-state index contributed by atoms with van der Waals surface area (Å²) in [7, 11) is 0. The summed E-state index contributed by atoms with van der Waals surface area (Å²) >= 11 is 1.52. The second-order valence-corrected chi connectivity index (χ2v) is 5.80. The van der Waals surface area contributed by atoms with Crippen molar-refractivity contribution in [3.63, 3.8) is 0 Å². The molecule has 0 unspecified atom stereocenters. The average molecular weight is 292 g/mol. The number of nitrogens with zero attached hydrogens (tertiary/aromatic N) is 3. The molecule has 0 aromatic carbocycles. The van der Waals surface area contributed by atoms with Crippen molar-refractivity contribution in [2.24, 2.45) is 0 Å². The quantitative estimate of drug-likeness (QED) is 0.924. The zero-order chi connectivity index (χ0) is 13.9. The molecule has 0 radical (unpaired) electrons. The fraction of sp³-hybridized carbons (Fsp3) is 0.462. The second-order valence-electron chi connectivity index (χ2n) is 4.85. The molecule has 2 aromatic heterocycles. The monoisotopic (exact) mass is 292 g/mol. The van der Waals surface area contributed by atoms with Crippen molar-refractivity contribution in [2.45, 2.75) is 25.7 Å². The van der Waals surface area contributed by atoms with Crippen LogP contribution in [0.25, 0.3) is 0 Å². The predicted molar refractivity (Wildman–Crippen MR) is 75.9 cm³/mol. The van der Waals surface area contributed by atoms with Crippen molar-refractivity contribution in [1.29, 1.82) is 0 Å². The van der Waals surface area contributed by atoms with Gasteiger partial charge in [-0.3, -0.25) is 5.32 Å². The Balaban J connectivity index is 1.54. The molecule has 2 amide bonds. The maximum Gasteiger partial charge on any atom is 0.322 e. The Hall–Kier alpha value is -1.89. The van der Waals surface area contributed by atoms with Crippen molar-refractivity contribution in [3.8, 4) is 0 Å². The molecule has 0 spiro atoms. The van der Waals surface area contributed by atoms with Gasteiger partial charge in [-0.1, -0.05) is 5.16 Å². The molecule has 0 atom stereocenters. The number of nitrogens with one attached hydrogen (secondary N) is 1. The standard InChI is InChI=1S/C13H16N4O2S/c1-9-14-12(19-16-9)10-4-6-17(7-5-10)13(18)15-11-3-2-8-20-11/h2-3,8,10H,4-7H2,1H3,(H,15,18). The van der Waals surface area contributed by atoms with Crippen molar-refractivity contribution in [1.82, 2.24) is 15.0 Å². The summed E-state index contributed by atoms with van der Waals surface area (Å²) in [6.07, 6.45) is 1.72. The zero-order valence-corrected chi connectivity index (χ0v) is 12.0. The highest BCUT2D eigenvalue weighted by Crippen LogP contribution is 2.27. The van der Waals surface area contributed by atoms with Crippen LogP contribution in [0.1, 0.15) is 30.5 Å². The highest BCUT2D eigenvalue weighted by molar-refractivity contribution is 7.14. The van der Waals surface area contributed by atoms with Crippen LogP contribution >= 0.6 is 11.3 Å². The molecule has 106 valence electrons. The average Bonchev–Trinajstić information content (AvgIpc) is 3.10. The van der Waals surface area contributed by atoms with Gasteiger partial charge >= 0.3 is 6.03 Å². The first-order chi connectivity index (χ1) is 9.72. The zero-order valence-electron chi connectivity index (χ0n) is 11.2. The molecular formula is C13H16N4O2S. The van der Waals surface area contributed by atoms with E-state index in [4.69, 9.17) is 4.52 Å². The first kappa shape index (κ1) is 13.1. The molecule has 20 heavy (non-hydrogen) atoms. The molecule has 1 saturated heterocycles. The van der Waals surface area contributed by atoms with Gasteiger partial charge in [0.2, 0.25) is 5.89 Å². The minimum Gasteiger partial charge on any atom is -0.339 e. The van der Waals surface area contributed by atoms with E-state index in [9.17, 15) is 4.79 Å². The normalized spacial score (nSPS) is 16.4. The second kappa shape index (κ2) is 5.62. The molecule has 3 rings (SSSR count). The van der Waals surface area contributed by atoms with Crippen LogP contribution in [0, 0.1) is 6.92 Å². The maximum absolute atomic E-state index is 12.1. The number of amides is 2. The molecule has 1 aliphatic heterocycles. The van der Waals surface area contributed by atoms with Crippen LogP contribution in [-0.2, 0) is 0 Å². The van der Waals surface area contributed by atoms with Crippen molar-refractivity contribution >= 4 is 22.4 Å². The van der Waals surface area contributed by atoms with Gasteiger partial charge in [-0.2, -0.15) is 4.98 Å². The molecule has 1 fully saturated rings.